The largest absolute Gasteiger partial charge is 0.463 e. The van der Waals surface area contributed by atoms with Gasteiger partial charge in [0.2, 0.25) is 0 Å². The van der Waals surface area contributed by atoms with Crippen molar-refractivity contribution in [2.45, 2.75) is 19.1 Å². The Morgan fingerprint density at radius 2 is 2.04 bits per heavy atom. The molecule has 4 rings (SSSR count). The van der Waals surface area contributed by atoms with E-state index in [1.165, 1.54) is 0 Å². The number of hydrogen-bond donors (Lipinski definition) is 1. The number of morpholine rings is 1. The molecule has 0 spiro atoms. The molecule has 0 saturated carbocycles. The van der Waals surface area contributed by atoms with Gasteiger partial charge in [0.15, 0.2) is 11.5 Å². The first-order valence-corrected chi connectivity index (χ1v) is 8.29. The normalized spacial score (nSPS) is 20.6. The second-order valence-corrected chi connectivity index (χ2v) is 6.20. The first kappa shape index (κ1) is 15.7. The van der Waals surface area contributed by atoms with Crippen molar-refractivity contribution in [3.05, 3.63) is 66.1 Å². The molecule has 0 aliphatic carbocycles. The van der Waals surface area contributed by atoms with E-state index < -0.39 is 0 Å². The Morgan fingerprint density at radius 1 is 1.20 bits per heavy atom. The van der Waals surface area contributed by atoms with Gasteiger partial charge in [0.05, 0.1) is 18.9 Å². The Morgan fingerprint density at radius 3 is 2.80 bits per heavy atom. The highest BCUT2D eigenvalue weighted by atomic mass is 16.5. The van der Waals surface area contributed by atoms with Crippen LogP contribution in [-0.2, 0) is 4.74 Å². The van der Waals surface area contributed by atoms with Crippen LogP contribution in [-0.4, -0.2) is 40.2 Å². The fraction of sp³-hybridized carbons (Fsp3) is 0.263. The van der Waals surface area contributed by atoms with Gasteiger partial charge >= 0.3 is 0 Å². The lowest BCUT2D eigenvalue weighted by atomic mass is 10.1. The van der Waals surface area contributed by atoms with E-state index in [9.17, 15) is 4.79 Å². The third-order valence-corrected chi connectivity index (χ3v) is 4.30. The summed E-state index contributed by atoms with van der Waals surface area (Å²) in [7, 11) is 0. The van der Waals surface area contributed by atoms with Crippen LogP contribution < -0.4 is 0 Å². The lowest BCUT2D eigenvalue weighted by Gasteiger charge is -2.36. The summed E-state index contributed by atoms with van der Waals surface area (Å²) < 4.78 is 11.3. The number of carbonyl (C=O) groups excluding carboxylic acids is 1. The fourth-order valence-electron chi connectivity index (χ4n) is 3.12. The lowest BCUT2D eigenvalue weighted by Crippen LogP contribution is -2.46. The molecule has 128 valence electrons. The quantitative estimate of drug-likeness (QED) is 0.796. The van der Waals surface area contributed by atoms with E-state index in [4.69, 9.17) is 9.15 Å². The van der Waals surface area contributed by atoms with E-state index in [0.717, 1.165) is 5.56 Å². The Hall–Kier alpha value is -2.86. The molecular weight excluding hydrogens is 318 g/mol. The molecule has 3 aromatic rings. The van der Waals surface area contributed by atoms with Gasteiger partial charge in [0, 0.05) is 12.6 Å². The number of nitrogens with zero attached hydrogens (tertiary/aromatic N) is 2. The van der Waals surface area contributed by atoms with Crippen LogP contribution in [0.5, 0.6) is 0 Å². The molecule has 0 bridgehead atoms. The third kappa shape index (κ3) is 3.21. The van der Waals surface area contributed by atoms with Gasteiger partial charge in [-0.05, 0) is 24.6 Å². The van der Waals surface area contributed by atoms with Crippen LogP contribution in [0.25, 0.3) is 11.5 Å². The molecule has 2 atom stereocenters. The zero-order valence-corrected chi connectivity index (χ0v) is 13.9. The lowest BCUT2D eigenvalue weighted by molar-refractivity contribution is -0.0692. The zero-order chi connectivity index (χ0) is 17.2. The smallest absolute Gasteiger partial charge is 0.274 e. The van der Waals surface area contributed by atoms with Crippen LogP contribution in [0, 0.1) is 0 Å². The molecule has 25 heavy (non-hydrogen) atoms. The summed E-state index contributed by atoms with van der Waals surface area (Å²) in [6, 6.07) is 15.3. The number of amides is 1. The van der Waals surface area contributed by atoms with E-state index in [2.05, 4.69) is 10.2 Å². The van der Waals surface area contributed by atoms with E-state index >= 15 is 0 Å². The number of aromatic amines is 1. The molecule has 6 heteroatoms. The number of H-pyrrole nitrogens is 1. The van der Waals surface area contributed by atoms with Crippen molar-refractivity contribution in [2.24, 2.45) is 0 Å². The topological polar surface area (TPSA) is 71.4 Å². The van der Waals surface area contributed by atoms with E-state index in [-0.39, 0.29) is 18.1 Å². The van der Waals surface area contributed by atoms with Crippen molar-refractivity contribution in [3.8, 4) is 11.5 Å². The summed E-state index contributed by atoms with van der Waals surface area (Å²) in [5.74, 6) is 0.550. The average molecular weight is 337 g/mol. The van der Waals surface area contributed by atoms with Crippen molar-refractivity contribution < 1.29 is 13.9 Å². The maximum Gasteiger partial charge on any atom is 0.274 e. The van der Waals surface area contributed by atoms with Gasteiger partial charge in [0.25, 0.3) is 5.91 Å². The summed E-state index contributed by atoms with van der Waals surface area (Å²) in [6.45, 7) is 3.04. The molecule has 1 aliphatic heterocycles. The SMILES string of the molecule is C[C@@H]1CN(C(=O)c2cc(-c3ccco3)[nH]n2)C[C@@H](c2ccccc2)O1. The number of ether oxygens (including phenoxy) is 1. The van der Waals surface area contributed by atoms with Crippen molar-refractivity contribution in [1.82, 2.24) is 15.1 Å². The van der Waals surface area contributed by atoms with Crippen LogP contribution in [0.4, 0.5) is 0 Å². The summed E-state index contributed by atoms with van der Waals surface area (Å²) >= 11 is 0. The van der Waals surface area contributed by atoms with Crippen molar-refractivity contribution in [2.75, 3.05) is 13.1 Å². The second kappa shape index (κ2) is 6.57. The highest BCUT2D eigenvalue weighted by Gasteiger charge is 2.31. The highest BCUT2D eigenvalue weighted by molar-refractivity contribution is 5.93. The van der Waals surface area contributed by atoms with Gasteiger partial charge in [-0.15, -0.1) is 0 Å². The van der Waals surface area contributed by atoms with Gasteiger partial charge in [0.1, 0.15) is 11.8 Å². The maximum atomic E-state index is 12.9. The first-order chi connectivity index (χ1) is 12.2. The molecule has 1 fully saturated rings. The molecular formula is C19H19N3O3. The number of aromatic nitrogens is 2. The van der Waals surface area contributed by atoms with Crippen LogP contribution in [0.1, 0.15) is 29.1 Å². The molecule has 1 N–H and O–H groups in total. The van der Waals surface area contributed by atoms with Gasteiger partial charge in [-0.2, -0.15) is 5.10 Å². The Kier molecular flexibility index (Phi) is 4.11. The number of rotatable bonds is 3. The monoisotopic (exact) mass is 337 g/mol. The van der Waals surface area contributed by atoms with Crippen molar-refractivity contribution in [3.63, 3.8) is 0 Å². The molecule has 3 heterocycles. The average Bonchev–Trinajstić information content (AvgIpc) is 3.32. The minimum atomic E-state index is -0.127. The van der Waals surface area contributed by atoms with Crippen LogP contribution in [0.2, 0.25) is 0 Å². The molecule has 6 nitrogen and oxygen atoms in total. The molecule has 0 unspecified atom stereocenters. The van der Waals surface area contributed by atoms with Gasteiger partial charge < -0.3 is 14.1 Å². The fourth-order valence-corrected chi connectivity index (χ4v) is 3.12. The zero-order valence-electron chi connectivity index (χ0n) is 13.9. The van der Waals surface area contributed by atoms with Crippen molar-refractivity contribution >= 4 is 5.91 Å². The van der Waals surface area contributed by atoms with Gasteiger partial charge in [-0.3, -0.25) is 9.89 Å². The molecule has 1 aromatic carbocycles. The van der Waals surface area contributed by atoms with Crippen LogP contribution in [0.15, 0.2) is 59.2 Å². The first-order valence-electron chi connectivity index (χ1n) is 8.29. The molecule has 0 radical (unpaired) electrons. The van der Waals surface area contributed by atoms with Crippen LogP contribution >= 0.6 is 0 Å². The molecule has 1 amide bonds. The molecule has 1 saturated heterocycles. The standard InChI is InChI=1S/C19H19N3O3/c1-13-11-22(12-18(25-13)14-6-3-2-4-7-14)19(23)16-10-15(20-21-16)17-8-5-9-24-17/h2-10,13,18H,11-12H2,1H3,(H,20,21)/t13-,18+/m1/s1. The minimum Gasteiger partial charge on any atom is -0.463 e. The highest BCUT2D eigenvalue weighted by Crippen LogP contribution is 2.26. The predicted molar refractivity (Wildman–Crippen MR) is 91.9 cm³/mol. The summed E-state index contributed by atoms with van der Waals surface area (Å²) in [5.41, 5.74) is 2.15. The van der Waals surface area contributed by atoms with E-state index in [1.807, 2.05) is 43.3 Å². The predicted octanol–water partition coefficient (Wildman–Crippen LogP) is 3.27. The Bertz CT molecular complexity index is 842. The summed E-state index contributed by atoms with van der Waals surface area (Å²) in [5, 5.41) is 7.01. The number of furan rings is 1. The van der Waals surface area contributed by atoms with E-state index in [0.29, 0.717) is 30.2 Å². The van der Waals surface area contributed by atoms with Gasteiger partial charge in [-0.1, -0.05) is 30.3 Å². The summed E-state index contributed by atoms with van der Waals surface area (Å²) in [4.78, 5) is 14.7. The van der Waals surface area contributed by atoms with E-state index in [1.54, 1.807) is 23.3 Å². The number of nitrogens with one attached hydrogen (secondary N) is 1. The van der Waals surface area contributed by atoms with Crippen molar-refractivity contribution in [1.29, 1.82) is 0 Å². The number of benzene rings is 1. The second-order valence-electron chi connectivity index (χ2n) is 6.20. The molecule has 1 aliphatic rings. The maximum absolute atomic E-state index is 12.9. The van der Waals surface area contributed by atoms with Crippen LogP contribution in [0.3, 0.4) is 0 Å². The third-order valence-electron chi connectivity index (χ3n) is 4.30. The summed E-state index contributed by atoms with van der Waals surface area (Å²) in [6.07, 6.45) is 1.43. The number of carbonyl (C=O) groups is 1. The Balaban J connectivity index is 1.53. The minimum absolute atomic E-state index is 0.0357. The van der Waals surface area contributed by atoms with Gasteiger partial charge in [-0.25, -0.2) is 0 Å². The molecule has 2 aromatic heterocycles. The number of hydrogen-bond acceptors (Lipinski definition) is 4. The Labute approximate surface area is 145 Å².